The summed E-state index contributed by atoms with van der Waals surface area (Å²) in [5.41, 5.74) is 11.0. The molecular formula is C30H36N6O3. The van der Waals surface area contributed by atoms with Crippen LogP contribution in [0, 0.1) is 0 Å². The molecule has 0 bridgehead atoms. The van der Waals surface area contributed by atoms with E-state index in [-0.39, 0.29) is 24.1 Å². The Balaban J connectivity index is 1.27. The van der Waals surface area contributed by atoms with Crippen molar-refractivity contribution in [1.29, 1.82) is 0 Å². The zero-order chi connectivity index (χ0) is 27.9. The van der Waals surface area contributed by atoms with Crippen LogP contribution in [0.4, 0.5) is 22.0 Å². The van der Waals surface area contributed by atoms with Crippen LogP contribution in [0.3, 0.4) is 0 Å². The van der Waals surface area contributed by atoms with Crippen molar-refractivity contribution >= 4 is 40.1 Å². The molecule has 2 atom stereocenters. The standard InChI is InChI=1S/C30H36N6O3/c1-17-24(35(6)28(38)39-29(2,3)4)16-36(17)26-21(31)13-19(14-33-26)18-8-9-22-20(12-18)25-23(15-32-22)34(5)27(37)30(25)10-7-11-30/h8-9,12-15,17,24H,7,10-11,16,31H2,1-6H3/t17-,24?/m1/s1. The Morgan fingerprint density at radius 2 is 1.90 bits per heavy atom. The molecule has 9 heteroatoms. The lowest BCUT2D eigenvalue weighted by molar-refractivity contribution is -0.125. The minimum atomic E-state index is -0.539. The molecule has 4 heterocycles. The summed E-state index contributed by atoms with van der Waals surface area (Å²) in [7, 11) is 3.62. The fourth-order valence-corrected chi connectivity index (χ4v) is 6.31. The molecule has 39 heavy (non-hydrogen) atoms. The number of rotatable bonds is 3. The lowest BCUT2D eigenvalue weighted by atomic mass is 9.64. The summed E-state index contributed by atoms with van der Waals surface area (Å²) in [4.78, 5) is 40.6. The number of nitrogens with two attached hydrogens (primary N) is 1. The van der Waals surface area contributed by atoms with E-state index < -0.39 is 11.0 Å². The van der Waals surface area contributed by atoms with Gasteiger partial charge >= 0.3 is 6.09 Å². The lowest BCUT2D eigenvalue weighted by Gasteiger charge is -2.50. The van der Waals surface area contributed by atoms with Crippen LogP contribution in [0.1, 0.15) is 52.5 Å². The molecule has 3 aliphatic rings. The van der Waals surface area contributed by atoms with E-state index in [0.29, 0.717) is 18.1 Å². The van der Waals surface area contributed by atoms with Gasteiger partial charge in [-0.2, -0.15) is 0 Å². The number of amides is 2. The molecule has 204 valence electrons. The first-order valence-electron chi connectivity index (χ1n) is 13.6. The van der Waals surface area contributed by atoms with E-state index in [2.05, 4.69) is 22.9 Å². The maximum atomic E-state index is 13.2. The van der Waals surface area contributed by atoms with Crippen molar-refractivity contribution in [1.82, 2.24) is 14.9 Å². The number of aromatic nitrogens is 2. The Morgan fingerprint density at radius 3 is 2.51 bits per heavy atom. The number of pyridine rings is 2. The third-order valence-electron chi connectivity index (χ3n) is 8.72. The smallest absolute Gasteiger partial charge is 0.410 e. The number of fused-ring (bicyclic) bond motifs is 4. The quantitative estimate of drug-likeness (QED) is 0.524. The van der Waals surface area contributed by atoms with Gasteiger partial charge in [-0.3, -0.25) is 9.78 Å². The molecule has 2 amide bonds. The number of benzene rings is 1. The molecule has 2 fully saturated rings. The van der Waals surface area contributed by atoms with Crippen molar-refractivity contribution < 1.29 is 14.3 Å². The molecule has 1 aromatic carbocycles. The van der Waals surface area contributed by atoms with Gasteiger partial charge < -0.3 is 25.2 Å². The van der Waals surface area contributed by atoms with E-state index in [1.165, 1.54) is 0 Å². The van der Waals surface area contributed by atoms with Crippen molar-refractivity contribution in [2.45, 2.75) is 70.1 Å². The van der Waals surface area contributed by atoms with E-state index in [4.69, 9.17) is 15.5 Å². The van der Waals surface area contributed by atoms with E-state index >= 15 is 0 Å². The highest BCUT2D eigenvalue weighted by molar-refractivity contribution is 6.13. The van der Waals surface area contributed by atoms with Gasteiger partial charge in [0.15, 0.2) is 5.82 Å². The van der Waals surface area contributed by atoms with E-state index in [1.807, 2.05) is 58.4 Å². The van der Waals surface area contributed by atoms with Gasteiger partial charge in [0.2, 0.25) is 5.91 Å². The summed E-state index contributed by atoms with van der Waals surface area (Å²) in [6.45, 7) is 8.29. The molecule has 2 N–H and O–H groups in total. The molecule has 2 aromatic heterocycles. The fourth-order valence-electron chi connectivity index (χ4n) is 6.31. The summed E-state index contributed by atoms with van der Waals surface area (Å²) < 4.78 is 5.53. The molecule has 0 radical (unpaired) electrons. The topological polar surface area (TPSA) is 105 Å². The summed E-state index contributed by atoms with van der Waals surface area (Å²) in [6.07, 6.45) is 6.18. The summed E-state index contributed by atoms with van der Waals surface area (Å²) in [5, 5.41) is 1.02. The van der Waals surface area contributed by atoms with E-state index in [1.54, 1.807) is 16.8 Å². The number of carbonyl (C=O) groups excluding carboxylic acids is 2. The van der Waals surface area contributed by atoms with Crippen LogP contribution in [0.5, 0.6) is 0 Å². The maximum absolute atomic E-state index is 13.2. The van der Waals surface area contributed by atoms with Gasteiger partial charge in [-0.1, -0.05) is 12.5 Å². The number of anilines is 3. The molecule has 1 aliphatic carbocycles. The number of carbonyl (C=O) groups is 2. The van der Waals surface area contributed by atoms with Crippen molar-refractivity contribution in [2.24, 2.45) is 0 Å². The van der Waals surface area contributed by atoms with Crippen LogP contribution in [0.25, 0.3) is 22.0 Å². The third kappa shape index (κ3) is 3.81. The van der Waals surface area contributed by atoms with Crippen molar-refractivity contribution in [2.75, 3.05) is 36.2 Å². The Hall–Kier alpha value is -3.88. The monoisotopic (exact) mass is 528 g/mol. The second kappa shape index (κ2) is 8.56. The van der Waals surface area contributed by atoms with Gasteiger partial charge in [-0.15, -0.1) is 0 Å². The second-order valence-electron chi connectivity index (χ2n) is 12.2. The number of likely N-dealkylation sites (N-methyl/N-ethyl adjacent to an activating group) is 2. The number of nitrogen functional groups attached to an aromatic ring is 1. The minimum absolute atomic E-state index is 0.00970. The third-order valence-corrected chi connectivity index (χ3v) is 8.72. The molecule has 3 aromatic rings. The van der Waals surface area contributed by atoms with Gasteiger partial charge in [0, 0.05) is 43.4 Å². The number of hydrogen-bond donors (Lipinski definition) is 1. The predicted octanol–water partition coefficient (Wildman–Crippen LogP) is 4.72. The van der Waals surface area contributed by atoms with Gasteiger partial charge in [0.25, 0.3) is 0 Å². The first-order chi connectivity index (χ1) is 18.4. The number of ether oxygens (including phenoxy) is 1. The highest BCUT2D eigenvalue weighted by Crippen LogP contribution is 2.55. The van der Waals surface area contributed by atoms with Crippen LogP contribution in [0.2, 0.25) is 0 Å². The normalized spacial score (nSPS) is 21.5. The average Bonchev–Trinajstić information content (AvgIpc) is 3.09. The highest BCUT2D eigenvalue weighted by atomic mass is 16.6. The van der Waals surface area contributed by atoms with Crippen LogP contribution in [0.15, 0.2) is 36.7 Å². The van der Waals surface area contributed by atoms with Crippen molar-refractivity contribution in [3.8, 4) is 11.1 Å². The molecule has 1 saturated heterocycles. The number of nitrogens with zero attached hydrogens (tertiary/aromatic N) is 5. The average molecular weight is 529 g/mol. The Bertz CT molecular complexity index is 1510. The fraction of sp³-hybridized carbons (Fsp3) is 0.467. The van der Waals surface area contributed by atoms with Crippen LogP contribution in [-0.4, -0.2) is 65.2 Å². The van der Waals surface area contributed by atoms with E-state index in [0.717, 1.165) is 52.5 Å². The van der Waals surface area contributed by atoms with E-state index in [9.17, 15) is 9.59 Å². The molecule has 1 saturated carbocycles. The van der Waals surface area contributed by atoms with Gasteiger partial charge in [0.05, 0.1) is 40.6 Å². The molecular weight excluding hydrogens is 492 g/mol. The molecule has 1 spiro atoms. The first-order valence-corrected chi connectivity index (χ1v) is 13.6. The second-order valence-corrected chi connectivity index (χ2v) is 12.2. The summed E-state index contributed by atoms with van der Waals surface area (Å²) >= 11 is 0. The Kier molecular flexibility index (Phi) is 5.58. The SMILES string of the molecule is C[C@@H]1C(N(C)C(=O)OC(C)(C)C)CN1c1ncc(-c2ccc3ncc4c(c3c2)C2(CCC2)C(=O)N4C)cc1N. The summed E-state index contributed by atoms with van der Waals surface area (Å²) in [6, 6.07) is 8.18. The van der Waals surface area contributed by atoms with Crippen molar-refractivity contribution in [3.63, 3.8) is 0 Å². The van der Waals surface area contributed by atoms with Gasteiger partial charge in [0.1, 0.15) is 5.60 Å². The van der Waals surface area contributed by atoms with Gasteiger partial charge in [-0.05, 0) is 64.3 Å². The first kappa shape index (κ1) is 25.4. The van der Waals surface area contributed by atoms with Crippen LogP contribution < -0.4 is 15.5 Å². The van der Waals surface area contributed by atoms with Crippen LogP contribution in [-0.2, 0) is 14.9 Å². The van der Waals surface area contributed by atoms with Crippen molar-refractivity contribution in [3.05, 3.63) is 42.2 Å². The lowest BCUT2D eigenvalue weighted by Crippen LogP contribution is -2.66. The largest absolute Gasteiger partial charge is 0.444 e. The van der Waals surface area contributed by atoms with Crippen LogP contribution >= 0.6 is 0 Å². The molecule has 9 nitrogen and oxygen atoms in total. The molecule has 6 rings (SSSR count). The number of hydrogen-bond acceptors (Lipinski definition) is 7. The highest BCUT2D eigenvalue weighted by Gasteiger charge is 2.54. The predicted molar refractivity (Wildman–Crippen MR) is 153 cm³/mol. The maximum Gasteiger partial charge on any atom is 0.410 e. The molecule has 2 aliphatic heterocycles. The zero-order valence-corrected chi connectivity index (χ0v) is 23.5. The zero-order valence-electron chi connectivity index (χ0n) is 23.5. The molecule has 1 unspecified atom stereocenters. The summed E-state index contributed by atoms with van der Waals surface area (Å²) in [5.74, 6) is 0.891. The van der Waals surface area contributed by atoms with Gasteiger partial charge in [-0.25, -0.2) is 9.78 Å². The Labute approximate surface area is 228 Å². The minimum Gasteiger partial charge on any atom is -0.444 e. The Morgan fingerprint density at radius 1 is 1.15 bits per heavy atom.